The fourth-order valence-electron chi connectivity index (χ4n) is 3.91. The van der Waals surface area contributed by atoms with E-state index >= 15 is 0 Å². The number of rotatable bonds is 7. The van der Waals surface area contributed by atoms with E-state index in [1.54, 1.807) is 18.2 Å². The van der Waals surface area contributed by atoms with Crippen molar-refractivity contribution in [1.82, 2.24) is 20.8 Å². The van der Waals surface area contributed by atoms with Crippen LogP contribution < -0.4 is 16.0 Å². The van der Waals surface area contributed by atoms with Crippen molar-refractivity contribution in [3.05, 3.63) is 29.7 Å². The second kappa shape index (κ2) is 8.47. The number of nitrogens with zero attached hydrogens (tertiary/aromatic N) is 2. The van der Waals surface area contributed by atoms with Crippen molar-refractivity contribution in [2.75, 3.05) is 18.4 Å². The van der Waals surface area contributed by atoms with Crippen LogP contribution in [0, 0.1) is 0 Å². The molecule has 1 aliphatic carbocycles. The van der Waals surface area contributed by atoms with Crippen LogP contribution in [0.1, 0.15) is 24.3 Å². The molecule has 3 heterocycles. The highest BCUT2D eigenvalue weighted by Gasteiger charge is 2.48. The first kappa shape index (κ1) is 23.0. The number of thiophene rings is 1. The Kier molecular flexibility index (Phi) is 5.73. The lowest BCUT2D eigenvalue weighted by Gasteiger charge is -2.16. The smallest absolute Gasteiger partial charge is 0.380 e. The van der Waals surface area contributed by atoms with Gasteiger partial charge in [-0.3, -0.25) is 4.79 Å². The van der Waals surface area contributed by atoms with Gasteiger partial charge < -0.3 is 25.6 Å². The highest BCUT2D eigenvalue weighted by Crippen LogP contribution is 2.43. The van der Waals surface area contributed by atoms with Crippen molar-refractivity contribution in [3.63, 3.8) is 0 Å². The highest BCUT2D eigenvalue weighted by atomic mass is 32.1. The Balaban J connectivity index is 1.47. The van der Waals surface area contributed by atoms with Crippen LogP contribution >= 0.6 is 11.3 Å². The summed E-state index contributed by atoms with van der Waals surface area (Å²) in [7, 11) is 0. The number of alkyl halides is 4. The number of hydrogen-bond donors (Lipinski definition) is 4. The average molecular weight is 499 g/mol. The zero-order valence-electron chi connectivity index (χ0n) is 17.7. The van der Waals surface area contributed by atoms with Crippen LogP contribution in [0.3, 0.4) is 0 Å². The van der Waals surface area contributed by atoms with Crippen molar-refractivity contribution in [2.24, 2.45) is 0 Å². The van der Waals surface area contributed by atoms with Gasteiger partial charge in [-0.1, -0.05) is 17.3 Å². The van der Waals surface area contributed by atoms with Crippen LogP contribution in [-0.2, 0) is 17.8 Å². The molecule has 1 saturated heterocycles. The zero-order chi connectivity index (χ0) is 24.1. The van der Waals surface area contributed by atoms with Gasteiger partial charge in [-0.25, -0.2) is 4.39 Å². The topological polar surface area (TPSA) is 112 Å². The summed E-state index contributed by atoms with van der Waals surface area (Å²) in [6, 6.07) is 4.41. The number of carbonyl (C=O) groups excluding carboxylic acids is 1. The molecule has 1 aliphatic heterocycles. The third kappa shape index (κ3) is 4.59. The first-order valence-electron chi connectivity index (χ1n) is 10.7. The maximum absolute atomic E-state index is 14.1. The summed E-state index contributed by atoms with van der Waals surface area (Å²) in [6.45, 7) is 0.454. The van der Waals surface area contributed by atoms with Gasteiger partial charge in [0.15, 0.2) is 0 Å². The first-order chi connectivity index (χ1) is 16.1. The van der Waals surface area contributed by atoms with Crippen molar-refractivity contribution >= 4 is 33.0 Å². The van der Waals surface area contributed by atoms with E-state index in [0.29, 0.717) is 35.2 Å². The Labute approximate surface area is 194 Å². The van der Waals surface area contributed by atoms with E-state index in [4.69, 9.17) is 4.52 Å². The van der Waals surface area contributed by atoms with Gasteiger partial charge in [-0.05, 0) is 29.9 Å². The molecule has 3 aromatic rings. The molecule has 1 amide bonds. The molecule has 2 aliphatic rings. The number of nitrogens with one attached hydrogen (secondary N) is 3. The van der Waals surface area contributed by atoms with Crippen LogP contribution in [0.25, 0.3) is 20.8 Å². The van der Waals surface area contributed by atoms with Crippen LogP contribution in [0.4, 0.5) is 23.2 Å². The summed E-state index contributed by atoms with van der Waals surface area (Å²) in [6.07, 6.45) is -6.06. The number of halogens is 4. The normalized spacial score (nSPS) is 21.7. The molecule has 2 fully saturated rings. The molecular weight excluding hydrogens is 478 g/mol. The summed E-state index contributed by atoms with van der Waals surface area (Å²) in [5.41, 5.74) is -0.839. The maximum atomic E-state index is 14.1. The number of benzene rings is 1. The highest BCUT2D eigenvalue weighted by molar-refractivity contribution is 7.23. The predicted octanol–water partition coefficient (Wildman–Crippen LogP) is 2.92. The Hall–Kier alpha value is -2.77. The number of fused-ring (bicyclic) bond motifs is 1. The van der Waals surface area contributed by atoms with E-state index in [2.05, 4.69) is 26.1 Å². The van der Waals surface area contributed by atoms with E-state index in [0.717, 1.165) is 11.3 Å². The lowest BCUT2D eigenvalue weighted by molar-refractivity contribution is -0.131. The van der Waals surface area contributed by atoms with E-state index in [1.165, 1.54) is 0 Å². The number of hydrogen-bond acceptors (Lipinski definition) is 8. The average Bonchev–Trinajstić information content (AvgIpc) is 3.10. The van der Waals surface area contributed by atoms with Gasteiger partial charge in [-0.15, -0.1) is 11.3 Å². The minimum Gasteiger partial charge on any atom is -0.380 e. The minimum atomic E-state index is -4.48. The summed E-state index contributed by atoms with van der Waals surface area (Å²) in [5.74, 6) is -0.597. The van der Waals surface area contributed by atoms with E-state index in [-0.39, 0.29) is 35.2 Å². The molecule has 0 bridgehead atoms. The monoisotopic (exact) mass is 499 g/mol. The molecule has 0 radical (unpaired) electrons. The number of anilines is 1. The van der Waals surface area contributed by atoms with E-state index < -0.39 is 36.3 Å². The van der Waals surface area contributed by atoms with Crippen molar-refractivity contribution in [1.29, 1.82) is 0 Å². The van der Waals surface area contributed by atoms with Crippen LogP contribution in [-0.4, -0.2) is 58.2 Å². The molecule has 8 nitrogen and oxygen atoms in total. The molecular formula is C21H21F4N5O3S. The molecule has 34 heavy (non-hydrogen) atoms. The van der Waals surface area contributed by atoms with Crippen LogP contribution in [0.2, 0.25) is 0 Å². The third-order valence-corrected chi connectivity index (χ3v) is 7.17. The second-order valence-electron chi connectivity index (χ2n) is 8.54. The second-order valence-corrected chi connectivity index (χ2v) is 9.56. The van der Waals surface area contributed by atoms with Crippen LogP contribution in [0.15, 0.2) is 22.7 Å². The Morgan fingerprint density at radius 3 is 2.79 bits per heavy atom. The third-order valence-electron chi connectivity index (χ3n) is 5.89. The summed E-state index contributed by atoms with van der Waals surface area (Å²) < 4.78 is 60.1. The van der Waals surface area contributed by atoms with Gasteiger partial charge in [0.25, 0.3) is 5.91 Å². The summed E-state index contributed by atoms with van der Waals surface area (Å²) >= 11 is 1.06. The van der Waals surface area contributed by atoms with Crippen molar-refractivity contribution in [3.8, 4) is 10.7 Å². The molecule has 2 atom stereocenters. The maximum Gasteiger partial charge on any atom is 0.393 e. The van der Waals surface area contributed by atoms with Crippen molar-refractivity contribution in [2.45, 2.75) is 49.8 Å². The summed E-state index contributed by atoms with van der Waals surface area (Å²) in [4.78, 5) is 16.2. The van der Waals surface area contributed by atoms with Gasteiger partial charge in [0.05, 0.1) is 34.3 Å². The number of aliphatic hydroxyl groups is 1. The standard InChI is InChI=1S/C21H21F4N5O3S/c22-12-7-26-8-14(12)28-13-3-1-2-10-11(6-21(23,24)25)17(34-16(10)13)18-29-15(33-30-18)9-27-19(31)20(32)4-5-20/h1-3,12,14,26,28,32H,4-9H2,(H,27,31)/t12-,14+/m0/s1. The molecule has 0 spiro atoms. The van der Waals surface area contributed by atoms with Gasteiger partial charge in [-0.2, -0.15) is 18.2 Å². The van der Waals surface area contributed by atoms with E-state index in [9.17, 15) is 27.5 Å². The largest absolute Gasteiger partial charge is 0.393 e. The van der Waals surface area contributed by atoms with Gasteiger partial charge in [0.2, 0.25) is 11.7 Å². The predicted molar refractivity (Wildman–Crippen MR) is 116 cm³/mol. The fraction of sp³-hybridized carbons (Fsp3) is 0.476. The van der Waals surface area contributed by atoms with Gasteiger partial charge in [0.1, 0.15) is 11.8 Å². The summed E-state index contributed by atoms with van der Waals surface area (Å²) in [5, 5.41) is 22.5. The molecule has 4 N–H and O–H groups in total. The van der Waals surface area contributed by atoms with E-state index in [1.807, 2.05) is 0 Å². The van der Waals surface area contributed by atoms with Crippen LogP contribution in [0.5, 0.6) is 0 Å². The number of amides is 1. The number of carbonyl (C=O) groups is 1. The number of aromatic nitrogens is 2. The fourth-order valence-corrected chi connectivity index (χ4v) is 5.14. The quantitative estimate of drug-likeness (QED) is 0.370. The SMILES string of the molecule is O=C(NCc1nc(-c2sc3c(N[C@@H]4CNC[C@@H]4F)cccc3c2CC(F)(F)F)no1)C1(O)CC1. The van der Waals surface area contributed by atoms with Crippen molar-refractivity contribution < 1.29 is 32.0 Å². The first-order valence-corrected chi connectivity index (χ1v) is 11.5. The Morgan fingerprint density at radius 2 is 2.12 bits per heavy atom. The molecule has 182 valence electrons. The van der Waals surface area contributed by atoms with Gasteiger partial charge in [0, 0.05) is 13.1 Å². The molecule has 5 rings (SSSR count). The molecule has 1 aromatic carbocycles. The molecule has 0 unspecified atom stereocenters. The molecule has 13 heteroatoms. The lowest BCUT2D eigenvalue weighted by atomic mass is 10.1. The Bertz CT molecular complexity index is 1220. The lowest BCUT2D eigenvalue weighted by Crippen LogP contribution is -2.35. The molecule has 2 aromatic heterocycles. The zero-order valence-corrected chi connectivity index (χ0v) is 18.5. The van der Waals surface area contributed by atoms with Gasteiger partial charge >= 0.3 is 6.18 Å². The Morgan fingerprint density at radius 1 is 1.32 bits per heavy atom. The minimum absolute atomic E-state index is 0.00109. The molecule has 1 saturated carbocycles.